The molecule has 2 aromatic rings. The molecule has 0 spiro atoms. The van der Waals surface area contributed by atoms with Gasteiger partial charge in [0.2, 0.25) is 11.0 Å². The molecular formula is C14H17N3O2S2. The fourth-order valence-electron chi connectivity index (χ4n) is 1.90. The second-order valence-corrected chi connectivity index (χ2v) is 7.18. The van der Waals surface area contributed by atoms with Crippen LogP contribution >= 0.6 is 22.7 Å². The van der Waals surface area contributed by atoms with Crippen LogP contribution in [0.5, 0.6) is 0 Å². The molecule has 1 amide bonds. The van der Waals surface area contributed by atoms with E-state index in [-0.39, 0.29) is 24.5 Å². The molecule has 0 unspecified atom stereocenters. The second-order valence-electron chi connectivity index (χ2n) is 4.65. The number of hydrogen-bond donors (Lipinski definition) is 1. The summed E-state index contributed by atoms with van der Waals surface area (Å²) in [6, 6.07) is 1.89. The number of nitrogens with zero attached hydrogens (tertiary/aromatic N) is 2. The molecule has 0 aliphatic carbocycles. The van der Waals surface area contributed by atoms with Crippen molar-refractivity contribution in [3.63, 3.8) is 0 Å². The van der Waals surface area contributed by atoms with Gasteiger partial charge in [0, 0.05) is 28.2 Å². The molecule has 21 heavy (non-hydrogen) atoms. The fourth-order valence-corrected chi connectivity index (χ4v) is 3.54. The first-order valence-corrected chi connectivity index (χ1v) is 8.35. The van der Waals surface area contributed by atoms with E-state index in [9.17, 15) is 9.59 Å². The van der Waals surface area contributed by atoms with E-state index < -0.39 is 0 Å². The SMILES string of the molecule is CCc1nnc(NC(=O)CCC(=O)c2cc(C)sc2C)s1. The summed E-state index contributed by atoms with van der Waals surface area (Å²) in [7, 11) is 0. The van der Waals surface area contributed by atoms with Crippen molar-refractivity contribution in [2.24, 2.45) is 0 Å². The number of anilines is 1. The third-order valence-electron chi connectivity index (χ3n) is 2.94. The number of aryl methyl sites for hydroxylation is 3. The molecular weight excluding hydrogens is 306 g/mol. The Hall–Kier alpha value is -1.60. The number of hydrogen-bond acceptors (Lipinski definition) is 6. The van der Waals surface area contributed by atoms with Gasteiger partial charge in [-0.05, 0) is 26.3 Å². The molecule has 112 valence electrons. The smallest absolute Gasteiger partial charge is 0.226 e. The topological polar surface area (TPSA) is 72.0 Å². The summed E-state index contributed by atoms with van der Waals surface area (Å²) in [5.41, 5.74) is 0.731. The van der Waals surface area contributed by atoms with Crippen molar-refractivity contribution in [2.75, 3.05) is 5.32 Å². The fraction of sp³-hybridized carbons (Fsp3) is 0.429. The lowest BCUT2D eigenvalue weighted by Gasteiger charge is -2.01. The van der Waals surface area contributed by atoms with Gasteiger partial charge in [-0.1, -0.05) is 18.3 Å². The molecule has 7 heteroatoms. The molecule has 0 aromatic carbocycles. The van der Waals surface area contributed by atoms with E-state index in [1.165, 1.54) is 11.3 Å². The molecule has 5 nitrogen and oxygen atoms in total. The van der Waals surface area contributed by atoms with Crippen LogP contribution < -0.4 is 5.32 Å². The first kappa shape index (κ1) is 15.8. The molecule has 2 heterocycles. The number of nitrogens with one attached hydrogen (secondary N) is 1. The highest BCUT2D eigenvalue weighted by molar-refractivity contribution is 7.15. The minimum absolute atomic E-state index is 0.0125. The van der Waals surface area contributed by atoms with Crippen molar-refractivity contribution in [3.8, 4) is 0 Å². The van der Waals surface area contributed by atoms with Crippen molar-refractivity contribution >= 4 is 39.5 Å². The maximum Gasteiger partial charge on any atom is 0.226 e. The number of rotatable bonds is 6. The molecule has 0 fully saturated rings. The van der Waals surface area contributed by atoms with Gasteiger partial charge < -0.3 is 5.32 Å². The predicted octanol–water partition coefficient (Wildman–Crippen LogP) is 3.38. The molecule has 0 aliphatic heterocycles. The highest BCUT2D eigenvalue weighted by Crippen LogP contribution is 2.22. The van der Waals surface area contributed by atoms with Gasteiger partial charge in [-0.3, -0.25) is 9.59 Å². The monoisotopic (exact) mass is 323 g/mol. The van der Waals surface area contributed by atoms with Gasteiger partial charge in [0.05, 0.1) is 0 Å². The quantitative estimate of drug-likeness (QED) is 0.827. The highest BCUT2D eigenvalue weighted by atomic mass is 32.1. The molecule has 1 N–H and O–H groups in total. The largest absolute Gasteiger partial charge is 0.301 e. The van der Waals surface area contributed by atoms with E-state index in [0.29, 0.717) is 5.13 Å². The summed E-state index contributed by atoms with van der Waals surface area (Å²) < 4.78 is 0. The Bertz CT molecular complexity index is 661. The zero-order valence-electron chi connectivity index (χ0n) is 12.2. The molecule has 0 saturated carbocycles. The van der Waals surface area contributed by atoms with Crippen LogP contribution in [0, 0.1) is 13.8 Å². The standard InChI is InChI=1S/C14H17N3O2S2/c1-4-13-16-17-14(21-13)15-12(19)6-5-11(18)10-7-8(2)20-9(10)3/h7H,4-6H2,1-3H3,(H,15,17,19). The van der Waals surface area contributed by atoms with Crippen LogP contribution in [0.25, 0.3) is 0 Å². The Labute approximate surface area is 131 Å². The maximum absolute atomic E-state index is 12.1. The van der Waals surface area contributed by atoms with Crippen molar-refractivity contribution < 1.29 is 9.59 Å². The lowest BCUT2D eigenvalue weighted by atomic mass is 10.1. The van der Waals surface area contributed by atoms with Crippen LogP contribution in [-0.4, -0.2) is 21.9 Å². The Morgan fingerprint density at radius 1 is 1.19 bits per heavy atom. The van der Waals surface area contributed by atoms with Crippen molar-refractivity contribution in [1.82, 2.24) is 10.2 Å². The zero-order valence-corrected chi connectivity index (χ0v) is 13.9. The van der Waals surface area contributed by atoms with Crippen LogP contribution in [0.1, 0.15) is 44.9 Å². The van der Waals surface area contributed by atoms with E-state index in [1.54, 1.807) is 11.3 Å². The Morgan fingerprint density at radius 3 is 2.52 bits per heavy atom. The minimum Gasteiger partial charge on any atom is -0.301 e. The summed E-state index contributed by atoms with van der Waals surface area (Å²) >= 11 is 2.96. The Kier molecular flexibility index (Phi) is 5.19. The van der Waals surface area contributed by atoms with Gasteiger partial charge in [-0.25, -0.2) is 0 Å². The zero-order chi connectivity index (χ0) is 15.4. The van der Waals surface area contributed by atoms with Gasteiger partial charge in [-0.15, -0.1) is 21.5 Å². The minimum atomic E-state index is -0.202. The number of Topliss-reactive ketones (excluding diaryl/α,β-unsaturated/α-hetero) is 1. The first-order valence-electron chi connectivity index (χ1n) is 6.72. The number of aromatic nitrogens is 2. The Balaban J connectivity index is 1.86. The van der Waals surface area contributed by atoms with Crippen LogP contribution in [0.2, 0.25) is 0 Å². The van der Waals surface area contributed by atoms with E-state index in [2.05, 4.69) is 15.5 Å². The van der Waals surface area contributed by atoms with Crippen molar-refractivity contribution in [2.45, 2.75) is 40.0 Å². The second kappa shape index (κ2) is 6.91. The Morgan fingerprint density at radius 2 is 1.95 bits per heavy atom. The number of thiophene rings is 1. The van der Waals surface area contributed by atoms with Crippen LogP contribution in [0.4, 0.5) is 5.13 Å². The average molecular weight is 323 g/mol. The molecule has 0 radical (unpaired) electrons. The van der Waals surface area contributed by atoms with E-state index >= 15 is 0 Å². The normalized spacial score (nSPS) is 10.6. The molecule has 0 atom stereocenters. The summed E-state index contributed by atoms with van der Waals surface area (Å²) in [6.07, 6.45) is 1.17. The van der Waals surface area contributed by atoms with Crippen LogP contribution in [0.3, 0.4) is 0 Å². The molecule has 0 bridgehead atoms. The van der Waals surface area contributed by atoms with Gasteiger partial charge >= 0.3 is 0 Å². The predicted molar refractivity (Wildman–Crippen MR) is 85.3 cm³/mol. The number of carbonyl (C=O) groups excluding carboxylic acids is 2. The van der Waals surface area contributed by atoms with Gasteiger partial charge in [0.15, 0.2) is 5.78 Å². The third kappa shape index (κ3) is 4.18. The first-order chi connectivity index (χ1) is 9.99. The average Bonchev–Trinajstić information content (AvgIpc) is 3.02. The molecule has 2 aromatic heterocycles. The molecule has 0 saturated heterocycles. The summed E-state index contributed by atoms with van der Waals surface area (Å²) in [5.74, 6) is -0.190. The number of ketones is 1. The van der Waals surface area contributed by atoms with Gasteiger partial charge in [0.25, 0.3) is 0 Å². The maximum atomic E-state index is 12.1. The van der Waals surface area contributed by atoms with Gasteiger partial charge in [-0.2, -0.15) is 0 Å². The molecule has 0 aliphatic rings. The van der Waals surface area contributed by atoms with Crippen LogP contribution in [0.15, 0.2) is 6.07 Å². The van der Waals surface area contributed by atoms with Gasteiger partial charge in [0.1, 0.15) is 5.01 Å². The third-order valence-corrected chi connectivity index (χ3v) is 4.89. The summed E-state index contributed by atoms with van der Waals surface area (Å²) in [6.45, 7) is 5.89. The number of carbonyl (C=O) groups is 2. The lowest BCUT2D eigenvalue weighted by molar-refractivity contribution is -0.116. The van der Waals surface area contributed by atoms with E-state index in [1.807, 2.05) is 26.8 Å². The summed E-state index contributed by atoms with van der Waals surface area (Å²) in [5, 5.41) is 11.9. The number of amides is 1. The van der Waals surface area contributed by atoms with Crippen LogP contribution in [-0.2, 0) is 11.2 Å². The van der Waals surface area contributed by atoms with Crippen molar-refractivity contribution in [1.29, 1.82) is 0 Å². The van der Waals surface area contributed by atoms with E-state index in [4.69, 9.17) is 0 Å². The van der Waals surface area contributed by atoms with Crippen molar-refractivity contribution in [3.05, 3.63) is 26.4 Å². The summed E-state index contributed by atoms with van der Waals surface area (Å²) in [4.78, 5) is 26.0. The lowest BCUT2D eigenvalue weighted by Crippen LogP contribution is -2.13. The van der Waals surface area contributed by atoms with E-state index in [0.717, 1.165) is 26.7 Å². The molecule has 2 rings (SSSR count). The highest BCUT2D eigenvalue weighted by Gasteiger charge is 2.14.